The highest BCUT2D eigenvalue weighted by Gasteiger charge is 2.44. The fraction of sp³-hybridized carbons (Fsp3) is 0.346. The summed E-state index contributed by atoms with van der Waals surface area (Å²) in [6.07, 6.45) is 2.78. The number of nitrogens with zero attached hydrogens (tertiary/aromatic N) is 3. The van der Waals surface area contributed by atoms with Crippen molar-refractivity contribution in [1.82, 2.24) is 4.57 Å². The van der Waals surface area contributed by atoms with Gasteiger partial charge in [0.05, 0.1) is 43.3 Å². The molecule has 9 nitrogen and oxygen atoms in total. The number of ether oxygens (including phenoxy) is 2. The summed E-state index contributed by atoms with van der Waals surface area (Å²) in [7, 11) is 3.04. The molecule has 1 saturated carbocycles. The van der Waals surface area contributed by atoms with Crippen LogP contribution in [-0.4, -0.2) is 54.8 Å². The third kappa shape index (κ3) is 3.39. The van der Waals surface area contributed by atoms with Gasteiger partial charge in [0, 0.05) is 24.3 Å². The lowest BCUT2D eigenvalue weighted by molar-refractivity contribution is 0.0694. The standard InChI is InChI=1S/C26H24FN3O6/c1-34-15-7-3-13(4-8-15)21-17-10-29(12-20(17)36-28-21)23-19(27)9-16-22(25(23)35-2)30(14-5-6-14)11-18(24(16)31)26(32)33/h3-4,7-9,11,14,17,20H,5-6,10,12H2,1-2H3,(H,32,33). The molecule has 2 fully saturated rings. The number of carboxylic acids is 1. The van der Waals surface area contributed by atoms with Crippen molar-refractivity contribution in [2.24, 2.45) is 11.1 Å². The highest BCUT2D eigenvalue weighted by atomic mass is 19.1. The summed E-state index contributed by atoms with van der Waals surface area (Å²) >= 11 is 0. The van der Waals surface area contributed by atoms with E-state index in [2.05, 4.69) is 5.16 Å². The summed E-state index contributed by atoms with van der Waals surface area (Å²) in [6.45, 7) is 0.822. The van der Waals surface area contributed by atoms with Crippen molar-refractivity contribution < 1.29 is 28.6 Å². The Balaban J connectivity index is 1.43. The number of methoxy groups -OCH3 is 2. The average Bonchev–Trinajstić information content (AvgIpc) is 3.52. The van der Waals surface area contributed by atoms with Crippen molar-refractivity contribution in [3.63, 3.8) is 0 Å². The molecule has 0 radical (unpaired) electrons. The fourth-order valence-corrected chi connectivity index (χ4v) is 5.27. The topological polar surface area (TPSA) is 103 Å². The number of aromatic nitrogens is 1. The lowest BCUT2D eigenvalue weighted by Gasteiger charge is -2.25. The summed E-state index contributed by atoms with van der Waals surface area (Å²) < 4.78 is 28.4. The number of pyridine rings is 1. The predicted molar refractivity (Wildman–Crippen MR) is 130 cm³/mol. The number of hydrogen-bond donors (Lipinski definition) is 1. The maximum atomic E-state index is 15.7. The van der Waals surface area contributed by atoms with Crippen LogP contribution in [0.15, 0.2) is 46.5 Å². The summed E-state index contributed by atoms with van der Waals surface area (Å²) in [5, 5.41) is 13.8. The molecule has 1 saturated heterocycles. The monoisotopic (exact) mass is 493 g/mol. The van der Waals surface area contributed by atoms with Crippen molar-refractivity contribution in [2.45, 2.75) is 25.0 Å². The van der Waals surface area contributed by atoms with E-state index >= 15 is 4.39 Å². The van der Waals surface area contributed by atoms with E-state index in [0.717, 1.165) is 35.9 Å². The second-order valence-electron chi connectivity index (χ2n) is 9.31. The van der Waals surface area contributed by atoms with Crippen LogP contribution in [0.1, 0.15) is 34.8 Å². The molecular weight excluding hydrogens is 469 g/mol. The average molecular weight is 493 g/mol. The minimum Gasteiger partial charge on any atom is -0.497 e. The molecule has 3 aromatic rings. The van der Waals surface area contributed by atoms with Crippen molar-refractivity contribution >= 4 is 28.3 Å². The highest BCUT2D eigenvalue weighted by molar-refractivity contribution is 6.04. The van der Waals surface area contributed by atoms with Crippen LogP contribution < -0.4 is 19.8 Å². The number of benzene rings is 2. The molecule has 2 aromatic carbocycles. The van der Waals surface area contributed by atoms with Crippen LogP contribution in [0, 0.1) is 11.7 Å². The van der Waals surface area contributed by atoms with Crippen molar-refractivity contribution in [2.75, 3.05) is 32.2 Å². The van der Waals surface area contributed by atoms with Gasteiger partial charge in [0.2, 0.25) is 5.43 Å². The molecule has 6 rings (SSSR count). The second-order valence-corrected chi connectivity index (χ2v) is 9.31. The third-order valence-electron chi connectivity index (χ3n) is 7.18. The fourth-order valence-electron chi connectivity index (χ4n) is 5.27. The van der Waals surface area contributed by atoms with Gasteiger partial charge in [-0.3, -0.25) is 4.79 Å². The van der Waals surface area contributed by atoms with Gasteiger partial charge in [-0.2, -0.15) is 0 Å². The molecule has 2 aliphatic heterocycles. The summed E-state index contributed by atoms with van der Waals surface area (Å²) in [5.41, 5.74) is 1.22. The van der Waals surface area contributed by atoms with Crippen LogP contribution in [0.2, 0.25) is 0 Å². The minimum atomic E-state index is -1.34. The molecule has 1 N–H and O–H groups in total. The number of carbonyl (C=O) groups is 1. The minimum absolute atomic E-state index is 0.00368. The molecule has 0 amide bonds. The van der Waals surface area contributed by atoms with Gasteiger partial charge in [0.15, 0.2) is 17.7 Å². The molecule has 2 atom stereocenters. The molecule has 0 bridgehead atoms. The molecule has 1 aromatic heterocycles. The number of oxime groups is 1. The van der Waals surface area contributed by atoms with E-state index < -0.39 is 17.2 Å². The largest absolute Gasteiger partial charge is 0.497 e. The summed E-state index contributed by atoms with van der Waals surface area (Å²) in [6, 6.07) is 8.70. The number of fused-ring (bicyclic) bond motifs is 2. The molecular formula is C26H24FN3O6. The van der Waals surface area contributed by atoms with Crippen LogP contribution in [0.25, 0.3) is 10.9 Å². The van der Waals surface area contributed by atoms with E-state index in [-0.39, 0.29) is 40.5 Å². The van der Waals surface area contributed by atoms with Crippen LogP contribution in [0.4, 0.5) is 10.1 Å². The Bertz CT molecular complexity index is 1480. The number of halogens is 1. The van der Waals surface area contributed by atoms with Gasteiger partial charge in [0.25, 0.3) is 0 Å². The van der Waals surface area contributed by atoms with Gasteiger partial charge in [-0.05, 0) is 43.2 Å². The lowest BCUT2D eigenvalue weighted by Crippen LogP contribution is -2.26. The van der Waals surface area contributed by atoms with Crippen LogP contribution in [0.3, 0.4) is 0 Å². The zero-order valence-electron chi connectivity index (χ0n) is 19.7. The third-order valence-corrected chi connectivity index (χ3v) is 7.18. The molecule has 1 aliphatic carbocycles. The normalized spacial score (nSPS) is 20.8. The van der Waals surface area contributed by atoms with Gasteiger partial charge in [-0.1, -0.05) is 5.16 Å². The maximum Gasteiger partial charge on any atom is 0.341 e. The quantitative estimate of drug-likeness (QED) is 0.561. The van der Waals surface area contributed by atoms with Crippen molar-refractivity contribution in [3.8, 4) is 11.5 Å². The first-order valence-corrected chi connectivity index (χ1v) is 11.7. The van der Waals surface area contributed by atoms with E-state index in [1.54, 1.807) is 11.7 Å². The molecule has 3 aliphatic rings. The second kappa shape index (κ2) is 8.25. The van der Waals surface area contributed by atoms with E-state index in [4.69, 9.17) is 14.3 Å². The summed E-state index contributed by atoms with van der Waals surface area (Å²) in [4.78, 5) is 32.2. The molecule has 10 heteroatoms. The van der Waals surface area contributed by atoms with Gasteiger partial charge >= 0.3 is 5.97 Å². The van der Waals surface area contributed by atoms with Crippen LogP contribution >= 0.6 is 0 Å². The Morgan fingerprint density at radius 2 is 1.92 bits per heavy atom. The van der Waals surface area contributed by atoms with Crippen molar-refractivity contribution in [1.29, 1.82) is 0 Å². The van der Waals surface area contributed by atoms with Crippen molar-refractivity contribution in [3.05, 3.63) is 63.7 Å². The lowest BCUT2D eigenvalue weighted by atomic mass is 9.95. The smallest absolute Gasteiger partial charge is 0.341 e. The molecule has 36 heavy (non-hydrogen) atoms. The zero-order valence-corrected chi connectivity index (χ0v) is 19.7. The van der Waals surface area contributed by atoms with Gasteiger partial charge < -0.3 is 28.9 Å². The van der Waals surface area contributed by atoms with Gasteiger partial charge in [-0.15, -0.1) is 0 Å². The van der Waals surface area contributed by atoms with Crippen LogP contribution in [-0.2, 0) is 4.84 Å². The van der Waals surface area contributed by atoms with E-state index in [1.165, 1.54) is 13.3 Å². The number of anilines is 1. The molecule has 186 valence electrons. The Morgan fingerprint density at radius 1 is 1.17 bits per heavy atom. The highest BCUT2D eigenvalue weighted by Crippen LogP contribution is 2.45. The molecule has 0 spiro atoms. The SMILES string of the molecule is COc1ccc(C2=NOC3CN(c4c(F)cc5c(=O)c(C(=O)O)cn(C6CC6)c5c4OC)CC23)cc1. The summed E-state index contributed by atoms with van der Waals surface area (Å²) in [5.74, 6) is -1.12. The van der Waals surface area contributed by atoms with E-state index in [9.17, 15) is 14.7 Å². The number of hydrogen-bond acceptors (Lipinski definition) is 7. The van der Waals surface area contributed by atoms with E-state index in [0.29, 0.717) is 18.6 Å². The van der Waals surface area contributed by atoms with Gasteiger partial charge in [-0.25, -0.2) is 9.18 Å². The Labute approximate surface area is 205 Å². The molecule has 2 unspecified atom stereocenters. The number of carboxylic acid groups (broad SMARTS) is 1. The Hall–Kier alpha value is -4.08. The Kier molecular flexibility index (Phi) is 5.13. The predicted octanol–water partition coefficient (Wildman–Crippen LogP) is 3.43. The zero-order chi connectivity index (χ0) is 25.1. The van der Waals surface area contributed by atoms with Gasteiger partial charge in [0.1, 0.15) is 17.0 Å². The maximum absolute atomic E-state index is 15.7. The van der Waals surface area contributed by atoms with E-state index in [1.807, 2.05) is 29.2 Å². The van der Waals surface area contributed by atoms with Crippen LogP contribution in [0.5, 0.6) is 11.5 Å². The first-order chi connectivity index (χ1) is 17.4. The first kappa shape index (κ1) is 22.4. The number of aromatic carboxylic acids is 1. The Morgan fingerprint density at radius 3 is 2.56 bits per heavy atom. The first-order valence-electron chi connectivity index (χ1n) is 11.7. The molecule has 3 heterocycles. The number of rotatable bonds is 6.